The van der Waals surface area contributed by atoms with Crippen LogP contribution in [-0.2, 0) is 15.1 Å². The molecule has 1 atom stereocenters. The molecular weight excluding hydrogens is 396 g/mol. The monoisotopic (exact) mass is 430 g/mol. The van der Waals surface area contributed by atoms with Gasteiger partial charge >= 0.3 is 0 Å². The van der Waals surface area contributed by atoms with Crippen LogP contribution in [0.25, 0.3) is 0 Å². The number of benzene rings is 3. The standard InChI is InChI=1S/C28H34N2O2/c1-22(2)30-27(31)20-19-26(29-3)21-32-28(23-13-7-4-8-14-23,24-15-9-5-10-16-24)25-17-11-6-12-18-25/h4-18,22,26,29H,19-21H2,1-3H3,(H,30,31)/t26-/m0/s1. The molecule has 1 amide bonds. The quantitative estimate of drug-likeness (QED) is 0.426. The first-order valence-electron chi connectivity index (χ1n) is 11.3. The van der Waals surface area contributed by atoms with E-state index in [0.29, 0.717) is 19.4 Å². The summed E-state index contributed by atoms with van der Waals surface area (Å²) < 4.78 is 6.86. The maximum Gasteiger partial charge on any atom is 0.220 e. The Hall–Kier alpha value is -2.95. The van der Waals surface area contributed by atoms with Crippen LogP contribution in [0.15, 0.2) is 91.0 Å². The van der Waals surface area contributed by atoms with Crippen molar-refractivity contribution in [1.29, 1.82) is 0 Å². The molecule has 0 saturated heterocycles. The molecule has 0 aliphatic heterocycles. The summed E-state index contributed by atoms with van der Waals surface area (Å²) in [5, 5.41) is 6.30. The van der Waals surface area contributed by atoms with E-state index in [1.165, 1.54) is 0 Å². The van der Waals surface area contributed by atoms with E-state index in [1.807, 2.05) is 75.5 Å². The number of carbonyl (C=O) groups is 1. The number of nitrogens with one attached hydrogen (secondary N) is 2. The van der Waals surface area contributed by atoms with Crippen molar-refractivity contribution in [3.63, 3.8) is 0 Å². The first kappa shape index (κ1) is 23.7. The highest BCUT2D eigenvalue weighted by atomic mass is 16.5. The van der Waals surface area contributed by atoms with Gasteiger partial charge in [0.15, 0.2) is 0 Å². The van der Waals surface area contributed by atoms with Crippen LogP contribution in [0.4, 0.5) is 0 Å². The van der Waals surface area contributed by atoms with E-state index < -0.39 is 5.60 Å². The molecule has 3 aromatic rings. The van der Waals surface area contributed by atoms with E-state index in [1.54, 1.807) is 0 Å². The molecule has 0 radical (unpaired) electrons. The maximum atomic E-state index is 12.2. The van der Waals surface area contributed by atoms with Crippen molar-refractivity contribution in [2.24, 2.45) is 0 Å². The molecule has 0 heterocycles. The van der Waals surface area contributed by atoms with Crippen LogP contribution in [0.5, 0.6) is 0 Å². The van der Waals surface area contributed by atoms with Gasteiger partial charge in [-0.3, -0.25) is 4.79 Å². The molecule has 0 aliphatic carbocycles. The lowest BCUT2D eigenvalue weighted by atomic mass is 9.80. The zero-order chi connectivity index (χ0) is 22.8. The lowest BCUT2D eigenvalue weighted by molar-refractivity contribution is -0.121. The van der Waals surface area contributed by atoms with E-state index in [2.05, 4.69) is 47.0 Å². The number of carbonyl (C=O) groups excluding carboxylic acids is 1. The molecule has 0 bridgehead atoms. The van der Waals surface area contributed by atoms with Crippen molar-refractivity contribution in [1.82, 2.24) is 10.6 Å². The summed E-state index contributed by atoms with van der Waals surface area (Å²) in [4.78, 5) is 12.2. The second-order valence-electron chi connectivity index (χ2n) is 8.34. The first-order chi connectivity index (χ1) is 15.6. The second kappa shape index (κ2) is 11.6. The van der Waals surface area contributed by atoms with E-state index >= 15 is 0 Å². The Morgan fingerprint density at radius 1 is 0.812 bits per heavy atom. The molecule has 168 valence electrons. The van der Waals surface area contributed by atoms with Crippen molar-refractivity contribution in [2.45, 2.75) is 44.4 Å². The van der Waals surface area contributed by atoms with Gasteiger partial charge in [-0.1, -0.05) is 91.0 Å². The molecule has 0 fully saturated rings. The van der Waals surface area contributed by atoms with E-state index in [4.69, 9.17) is 4.74 Å². The normalized spacial score (nSPS) is 12.5. The third-order valence-electron chi connectivity index (χ3n) is 5.62. The summed E-state index contributed by atoms with van der Waals surface area (Å²) in [7, 11) is 1.92. The van der Waals surface area contributed by atoms with Gasteiger partial charge in [0.1, 0.15) is 5.60 Å². The minimum Gasteiger partial charge on any atom is -0.359 e. The highest BCUT2D eigenvalue weighted by Crippen LogP contribution is 2.40. The van der Waals surface area contributed by atoms with Gasteiger partial charge in [0, 0.05) is 18.5 Å². The largest absolute Gasteiger partial charge is 0.359 e. The maximum absolute atomic E-state index is 12.2. The molecule has 32 heavy (non-hydrogen) atoms. The summed E-state index contributed by atoms with van der Waals surface area (Å²) in [6, 6.07) is 31.2. The topological polar surface area (TPSA) is 50.4 Å². The predicted molar refractivity (Wildman–Crippen MR) is 131 cm³/mol. The number of likely N-dealkylation sites (N-methyl/N-ethyl adjacent to an activating group) is 1. The van der Waals surface area contributed by atoms with Gasteiger partial charge < -0.3 is 15.4 Å². The molecule has 2 N–H and O–H groups in total. The molecule has 0 aliphatic rings. The SMILES string of the molecule is CN[C@@H](CCC(=O)NC(C)C)COC(c1ccccc1)(c1ccccc1)c1ccccc1. The summed E-state index contributed by atoms with van der Waals surface area (Å²) in [5.74, 6) is 0.0701. The number of rotatable bonds is 11. The van der Waals surface area contributed by atoms with Gasteiger partial charge in [-0.15, -0.1) is 0 Å². The van der Waals surface area contributed by atoms with Crippen molar-refractivity contribution in [3.8, 4) is 0 Å². The van der Waals surface area contributed by atoms with E-state index in [-0.39, 0.29) is 18.0 Å². The Kier molecular flexibility index (Phi) is 8.60. The fraction of sp³-hybridized carbons (Fsp3) is 0.321. The lowest BCUT2D eigenvalue weighted by Crippen LogP contribution is -2.40. The molecule has 4 heteroatoms. The average molecular weight is 431 g/mol. The zero-order valence-electron chi connectivity index (χ0n) is 19.3. The van der Waals surface area contributed by atoms with Crippen LogP contribution in [0.1, 0.15) is 43.4 Å². The van der Waals surface area contributed by atoms with Gasteiger partial charge in [-0.25, -0.2) is 0 Å². The Labute approximate surface area is 192 Å². The minimum atomic E-state index is -0.751. The highest BCUT2D eigenvalue weighted by Gasteiger charge is 2.38. The van der Waals surface area contributed by atoms with Crippen molar-refractivity contribution < 1.29 is 9.53 Å². The summed E-state index contributed by atoms with van der Waals surface area (Å²) in [6.45, 7) is 4.42. The van der Waals surface area contributed by atoms with Crippen molar-refractivity contribution in [2.75, 3.05) is 13.7 Å². The predicted octanol–water partition coefficient (Wildman–Crippen LogP) is 4.89. The third kappa shape index (κ3) is 5.84. The number of amides is 1. The summed E-state index contributed by atoms with van der Waals surface area (Å²) in [5.41, 5.74) is 2.47. The molecule has 0 saturated carbocycles. The van der Waals surface area contributed by atoms with E-state index in [9.17, 15) is 4.79 Å². The Bertz CT molecular complexity index is 846. The first-order valence-corrected chi connectivity index (χ1v) is 11.3. The van der Waals surface area contributed by atoms with Gasteiger partial charge in [0.25, 0.3) is 0 Å². The summed E-state index contributed by atoms with van der Waals surface area (Å²) in [6.07, 6.45) is 1.16. The van der Waals surface area contributed by atoms with Crippen LogP contribution in [0.3, 0.4) is 0 Å². The Morgan fingerprint density at radius 2 is 1.25 bits per heavy atom. The van der Waals surface area contributed by atoms with Gasteiger partial charge in [0.05, 0.1) is 6.61 Å². The average Bonchev–Trinajstić information content (AvgIpc) is 2.83. The van der Waals surface area contributed by atoms with Crippen LogP contribution < -0.4 is 10.6 Å². The molecular formula is C28H34N2O2. The Morgan fingerprint density at radius 3 is 1.62 bits per heavy atom. The van der Waals surface area contributed by atoms with Gasteiger partial charge in [0.2, 0.25) is 5.91 Å². The molecule has 0 unspecified atom stereocenters. The third-order valence-corrected chi connectivity index (χ3v) is 5.62. The van der Waals surface area contributed by atoms with Crippen LogP contribution in [0, 0.1) is 0 Å². The van der Waals surface area contributed by atoms with E-state index in [0.717, 1.165) is 16.7 Å². The minimum absolute atomic E-state index is 0.0448. The molecule has 4 nitrogen and oxygen atoms in total. The van der Waals surface area contributed by atoms with Crippen LogP contribution in [-0.4, -0.2) is 31.6 Å². The van der Waals surface area contributed by atoms with Crippen molar-refractivity contribution in [3.05, 3.63) is 108 Å². The molecule has 3 rings (SSSR count). The van der Waals surface area contributed by atoms with Crippen LogP contribution in [0.2, 0.25) is 0 Å². The number of hydrogen-bond donors (Lipinski definition) is 2. The van der Waals surface area contributed by atoms with Crippen molar-refractivity contribution >= 4 is 5.91 Å². The lowest BCUT2D eigenvalue weighted by Gasteiger charge is -2.37. The zero-order valence-corrected chi connectivity index (χ0v) is 19.3. The smallest absolute Gasteiger partial charge is 0.220 e. The fourth-order valence-electron chi connectivity index (χ4n) is 4.00. The van der Waals surface area contributed by atoms with Gasteiger partial charge in [-0.2, -0.15) is 0 Å². The molecule has 0 aromatic heterocycles. The van der Waals surface area contributed by atoms with Crippen LogP contribution >= 0.6 is 0 Å². The number of hydrogen-bond acceptors (Lipinski definition) is 3. The Balaban J connectivity index is 1.93. The summed E-state index contributed by atoms with van der Waals surface area (Å²) >= 11 is 0. The van der Waals surface area contributed by atoms with Gasteiger partial charge in [-0.05, 0) is 44.0 Å². The second-order valence-corrected chi connectivity index (χ2v) is 8.34. The molecule has 3 aromatic carbocycles. The number of ether oxygens (including phenoxy) is 1. The highest BCUT2D eigenvalue weighted by molar-refractivity contribution is 5.76. The fourth-order valence-corrected chi connectivity index (χ4v) is 4.00. The molecule has 0 spiro atoms.